The van der Waals surface area contributed by atoms with E-state index in [0.29, 0.717) is 19.8 Å². The van der Waals surface area contributed by atoms with Crippen LogP contribution in [0.2, 0.25) is 0 Å². The molecule has 3 nitrogen and oxygen atoms in total. The molecule has 0 aromatic rings. The van der Waals surface area contributed by atoms with Crippen LogP contribution in [0.4, 0.5) is 0 Å². The Morgan fingerprint density at radius 3 is 2.21 bits per heavy atom. The van der Waals surface area contributed by atoms with Gasteiger partial charge in [-0.1, -0.05) is 24.3 Å². The molecule has 0 aliphatic heterocycles. The average molecular weight is 200 g/mol. The molecule has 0 aliphatic carbocycles. The predicted molar refractivity (Wildman–Crippen MR) is 57.3 cm³/mol. The van der Waals surface area contributed by atoms with Crippen LogP contribution >= 0.6 is 0 Å². The van der Waals surface area contributed by atoms with E-state index in [2.05, 4.69) is 13.2 Å². The lowest BCUT2D eigenvalue weighted by atomic mass is 10.3. The molecule has 0 spiro atoms. The van der Waals surface area contributed by atoms with Crippen LogP contribution < -0.4 is 0 Å². The maximum atomic E-state index is 8.95. The molecule has 0 aromatic heterocycles. The molecule has 0 aliphatic rings. The summed E-state index contributed by atoms with van der Waals surface area (Å²) in [4.78, 5) is 0. The minimum absolute atomic E-state index is 0.0382. The third kappa shape index (κ3) is 7.98. The Morgan fingerprint density at radius 1 is 1.21 bits per heavy atom. The van der Waals surface area contributed by atoms with Gasteiger partial charge < -0.3 is 14.6 Å². The summed E-state index contributed by atoms with van der Waals surface area (Å²) in [6, 6.07) is 0. The summed E-state index contributed by atoms with van der Waals surface area (Å²) in [5.41, 5.74) is 1.89. The Balaban J connectivity index is 3.57. The minimum atomic E-state index is -0.272. The smallest absolute Gasteiger partial charge is 0.104 e. The van der Waals surface area contributed by atoms with Crippen molar-refractivity contribution in [1.29, 1.82) is 0 Å². The SMILES string of the molecule is C=C(C)COCC(CO)OCC(=C)C. The Morgan fingerprint density at radius 2 is 1.79 bits per heavy atom. The van der Waals surface area contributed by atoms with Crippen LogP contribution in [0.25, 0.3) is 0 Å². The van der Waals surface area contributed by atoms with Crippen LogP contribution in [-0.2, 0) is 9.47 Å². The fourth-order valence-corrected chi connectivity index (χ4v) is 0.778. The minimum Gasteiger partial charge on any atom is -0.394 e. The van der Waals surface area contributed by atoms with E-state index in [1.54, 1.807) is 0 Å². The Kier molecular flexibility index (Phi) is 7.38. The number of hydrogen-bond acceptors (Lipinski definition) is 3. The van der Waals surface area contributed by atoms with Crippen molar-refractivity contribution in [1.82, 2.24) is 0 Å². The van der Waals surface area contributed by atoms with Crippen LogP contribution in [0, 0.1) is 0 Å². The highest BCUT2D eigenvalue weighted by Crippen LogP contribution is 1.98. The van der Waals surface area contributed by atoms with Gasteiger partial charge in [0.1, 0.15) is 6.10 Å². The molecule has 0 radical (unpaired) electrons. The van der Waals surface area contributed by atoms with Crippen LogP contribution in [0.3, 0.4) is 0 Å². The predicted octanol–water partition coefficient (Wildman–Crippen LogP) is 1.53. The van der Waals surface area contributed by atoms with Gasteiger partial charge in [0.2, 0.25) is 0 Å². The zero-order valence-corrected chi connectivity index (χ0v) is 9.08. The average Bonchev–Trinajstić information content (AvgIpc) is 2.10. The number of aliphatic hydroxyl groups excluding tert-OH is 1. The maximum Gasteiger partial charge on any atom is 0.104 e. The second-order valence-electron chi connectivity index (χ2n) is 3.54. The molecule has 0 amide bonds. The number of ether oxygens (including phenoxy) is 2. The molecule has 0 heterocycles. The van der Waals surface area contributed by atoms with Crippen molar-refractivity contribution < 1.29 is 14.6 Å². The van der Waals surface area contributed by atoms with Crippen molar-refractivity contribution in [2.75, 3.05) is 26.4 Å². The lowest BCUT2D eigenvalue weighted by molar-refractivity contribution is -0.0300. The second kappa shape index (κ2) is 7.74. The van der Waals surface area contributed by atoms with Gasteiger partial charge in [0.15, 0.2) is 0 Å². The van der Waals surface area contributed by atoms with Crippen molar-refractivity contribution in [3.63, 3.8) is 0 Å². The molecule has 3 heteroatoms. The summed E-state index contributed by atoms with van der Waals surface area (Å²) >= 11 is 0. The van der Waals surface area contributed by atoms with E-state index < -0.39 is 0 Å². The molecule has 1 unspecified atom stereocenters. The lowest BCUT2D eigenvalue weighted by Crippen LogP contribution is -2.25. The summed E-state index contributed by atoms with van der Waals surface area (Å²) in [5.74, 6) is 0. The van der Waals surface area contributed by atoms with Crippen molar-refractivity contribution in [3.05, 3.63) is 24.3 Å². The van der Waals surface area contributed by atoms with E-state index in [9.17, 15) is 0 Å². The standard InChI is InChI=1S/C11H20O3/c1-9(2)6-13-8-11(5-12)14-7-10(3)4/h11-12H,1,3,5-8H2,2,4H3. The van der Waals surface area contributed by atoms with Gasteiger partial charge in [0.05, 0.1) is 26.4 Å². The molecule has 1 N–H and O–H groups in total. The molecule has 0 aromatic carbocycles. The second-order valence-corrected chi connectivity index (χ2v) is 3.54. The molecule has 0 saturated heterocycles. The highest BCUT2D eigenvalue weighted by molar-refractivity contribution is 4.88. The summed E-state index contributed by atoms with van der Waals surface area (Å²) in [7, 11) is 0. The molecular formula is C11H20O3. The van der Waals surface area contributed by atoms with Gasteiger partial charge in [-0.05, 0) is 13.8 Å². The molecule has 0 bridgehead atoms. The van der Waals surface area contributed by atoms with Crippen molar-refractivity contribution in [2.45, 2.75) is 20.0 Å². The van der Waals surface area contributed by atoms with Gasteiger partial charge in [0.25, 0.3) is 0 Å². The van der Waals surface area contributed by atoms with Gasteiger partial charge in [0, 0.05) is 0 Å². The molecule has 14 heavy (non-hydrogen) atoms. The van der Waals surface area contributed by atoms with Gasteiger partial charge in [-0.2, -0.15) is 0 Å². The van der Waals surface area contributed by atoms with Crippen LogP contribution in [0.15, 0.2) is 24.3 Å². The Labute approximate surface area is 86.0 Å². The summed E-state index contributed by atoms with van der Waals surface area (Å²) in [6.07, 6.45) is -0.272. The fraction of sp³-hybridized carbons (Fsp3) is 0.636. The normalized spacial score (nSPS) is 12.5. The fourth-order valence-electron chi connectivity index (χ4n) is 0.778. The first-order valence-electron chi connectivity index (χ1n) is 4.65. The summed E-state index contributed by atoms with van der Waals surface area (Å²) in [6.45, 7) is 12.5. The third-order valence-electron chi connectivity index (χ3n) is 1.42. The zero-order valence-electron chi connectivity index (χ0n) is 9.08. The number of hydrogen-bond donors (Lipinski definition) is 1. The monoisotopic (exact) mass is 200 g/mol. The molecule has 0 fully saturated rings. The number of aliphatic hydroxyl groups is 1. The van der Waals surface area contributed by atoms with Crippen molar-refractivity contribution >= 4 is 0 Å². The van der Waals surface area contributed by atoms with E-state index >= 15 is 0 Å². The van der Waals surface area contributed by atoms with Gasteiger partial charge in [-0.15, -0.1) is 0 Å². The Bertz CT molecular complexity index is 187. The topological polar surface area (TPSA) is 38.7 Å². The first kappa shape index (κ1) is 13.4. The first-order chi connectivity index (χ1) is 6.56. The molecular weight excluding hydrogens is 180 g/mol. The van der Waals surface area contributed by atoms with E-state index in [1.165, 1.54) is 0 Å². The largest absolute Gasteiger partial charge is 0.394 e. The molecule has 0 rings (SSSR count). The summed E-state index contributed by atoms with van der Waals surface area (Å²) < 4.78 is 10.6. The number of rotatable bonds is 8. The molecule has 0 saturated carbocycles. The van der Waals surface area contributed by atoms with Gasteiger partial charge >= 0.3 is 0 Å². The van der Waals surface area contributed by atoms with Crippen LogP contribution in [0.5, 0.6) is 0 Å². The van der Waals surface area contributed by atoms with E-state index in [0.717, 1.165) is 11.1 Å². The quantitative estimate of drug-likeness (QED) is 0.604. The maximum absolute atomic E-state index is 8.95. The van der Waals surface area contributed by atoms with E-state index in [-0.39, 0.29) is 12.7 Å². The van der Waals surface area contributed by atoms with Gasteiger partial charge in [-0.3, -0.25) is 0 Å². The van der Waals surface area contributed by atoms with Crippen molar-refractivity contribution in [3.8, 4) is 0 Å². The first-order valence-corrected chi connectivity index (χ1v) is 4.65. The van der Waals surface area contributed by atoms with E-state index in [1.807, 2.05) is 13.8 Å². The van der Waals surface area contributed by atoms with Gasteiger partial charge in [-0.25, -0.2) is 0 Å². The molecule has 1 atom stereocenters. The van der Waals surface area contributed by atoms with Crippen LogP contribution in [-0.4, -0.2) is 37.6 Å². The zero-order chi connectivity index (χ0) is 11.0. The Hall–Kier alpha value is -0.640. The highest BCUT2D eigenvalue weighted by Gasteiger charge is 2.07. The summed E-state index contributed by atoms with van der Waals surface area (Å²) in [5, 5.41) is 8.95. The molecule has 82 valence electrons. The highest BCUT2D eigenvalue weighted by atomic mass is 16.5. The van der Waals surface area contributed by atoms with Crippen molar-refractivity contribution in [2.24, 2.45) is 0 Å². The lowest BCUT2D eigenvalue weighted by Gasteiger charge is -2.15. The van der Waals surface area contributed by atoms with Crippen LogP contribution in [0.1, 0.15) is 13.8 Å². The van der Waals surface area contributed by atoms with E-state index in [4.69, 9.17) is 14.6 Å². The third-order valence-corrected chi connectivity index (χ3v) is 1.42.